The average molecular weight is 298 g/mol. The Morgan fingerprint density at radius 3 is 2.36 bits per heavy atom. The van der Waals surface area contributed by atoms with E-state index in [2.05, 4.69) is 10.2 Å². The van der Waals surface area contributed by atoms with Crippen molar-refractivity contribution in [2.24, 2.45) is 0 Å². The van der Waals surface area contributed by atoms with E-state index in [1.54, 1.807) is 0 Å². The number of aldehydes is 1. The second-order valence-electron chi connectivity index (χ2n) is 5.24. The third-order valence-electron chi connectivity index (χ3n) is 3.66. The maximum atomic E-state index is 10.7. The summed E-state index contributed by atoms with van der Waals surface area (Å²) in [7, 11) is 0. The lowest BCUT2D eigenvalue weighted by atomic mass is 10.0. The molecule has 0 aromatic heterocycles. The van der Waals surface area contributed by atoms with Crippen molar-refractivity contribution in [1.29, 1.82) is 10.5 Å². The topological polar surface area (TPSA) is 79.9 Å². The third-order valence-corrected chi connectivity index (χ3v) is 3.66. The summed E-state index contributed by atoms with van der Waals surface area (Å²) in [5.41, 5.74) is 2.83. The Labute approximate surface area is 132 Å². The molecule has 1 heterocycles. The van der Waals surface area contributed by atoms with Gasteiger partial charge in [-0.25, -0.2) is 0 Å². The molecule has 1 rings (SSSR count). The maximum absolute atomic E-state index is 10.7. The first-order chi connectivity index (χ1) is 10.6. The summed E-state index contributed by atoms with van der Waals surface area (Å²) in [6.45, 7) is 7.52. The molecule has 0 aliphatic carbocycles. The molecule has 5 nitrogen and oxygen atoms in total. The molecule has 0 radical (unpaired) electrons. The summed E-state index contributed by atoms with van der Waals surface area (Å²) >= 11 is 0. The van der Waals surface area contributed by atoms with Gasteiger partial charge in [-0.1, -0.05) is 6.92 Å². The molecular formula is C17H22N4O. The van der Waals surface area contributed by atoms with Gasteiger partial charge in [0, 0.05) is 23.5 Å². The molecule has 1 atom stereocenters. The van der Waals surface area contributed by atoms with E-state index in [-0.39, 0.29) is 11.6 Å². The molecule has 0 aromatic carbocycles. The van der Waals surface area contributed by atoms with Crippen LogP contribution in [0.25, 0.3) is 0 Å². The fourth-order valence-corrected chi connectivity index (χ4v) is 2.39. The second kappa shape index (κ2) is 8.81. The number of allylic oxidation sites excluding steroid dienone is 6. The van der Waals surface area contributed by atoms with Gasteiger partial charge >= 0.3 is 0 Å². The quantitative estimate of drug-likeness (QED) is 0.443. The number of nitrogens with one attached hydrogen (secondary N) is 1. The van der Waals surface area contributed by atoms with E-state index in [1.165, 1.54) is 0 Å². The molecule has 0 amide bonds. The molecule has 116 valence electrons. The lowest BCUT2D eigenvalue weighted by molar-refractivity contribution is -0.109. The minimum Gasteiger partial charge on any atom is -0.349 e. The monoisotopic (exact) mass is 298 g/mol. The summed E-state index contributed by atoms with van der Waals surface area (Å²) in [6, 6.07) is 3.77. The molecule has 0 saturated heterocycles. The van der Waals surface area contributed by atoms with Crippen LogP contribution in [-0.4, -0.2) is 30.3 Å². The Morgan fingerprint density at radius 2 is 1.91 bits per heavy atom. The SMILES string of the molecule is CCC(C=O)NCCCN1C(C)=CC(=C(C#N)C#N)C=C1C. The zero-order valence-electron chi connectivity index (χ0n) is 13.4. The average Bonchev–Trinajstić information content (AvgIpc) is 2.51. The molecule has 0 saturated carbocycles. The molecular weight excluding hydrogens is 276 g/mol. The summed E-state index contributed by atoms with van der Waals surface area (Å²) in [4.78, 5) is 12.9. The molecule has 0 spiro atoms. The van der Waals surface area contributed by atoms with Crippen LogP contribution < -0.4 is 5.32 Å². The lowest BCUT2D eigenvalue weighted by Gasteiger charge is -2.30. The van der Waals surface area contributed by atoms with Crippen molar-refractivity contribution in [3.63, 3.8) is 0 Å². The largest absolute Gasteiger partial charge is 0.349 e. The van der Waals surface area contributed by atoms with Crippen molar-refractivity contribution < 1.29 is 4.79 Å². The van der Waals surface area contributed by atoms with E-state index in [0.29, 0.717) is 5.57 Å². The van der Waals surface area contributed by atoms with E-state index in [1.807, 2.05) is 45.1 Å². The number of carbonyl (C=O) groups excluding carboxylic acids is 1. The molecule has 0 fully saturated rings. The normalized spacial score (nSPS) is 15.3. The smallest absolute Gasteiger partial charge is 0.137 e. The predicted octanol–water partition coefficient (Wildman–Crippen LogP) is 2.41. The fraction of sp³-hybridized carbons (Fsp3) is 0.471. The molecule has 1 N–H and O–H groups in total. The van der Waals surface area contributed by atoms with Gasteiger partial charge in [0.15, 0.2) is 0 Å². The molecule has 22 heavy (non-hydrogen) atoms. The number of carbonyl (C=O) groups is 1. The highest BCUT2D eigenvalue weighted by atomic mass is 16.1. The van der Waals surface area contributed by atoms with Crippen molar-refractivity contribution in [3.8, 4) is 12.1 Å². The van der Waals surface area contributed by atoms with Crippen molar-refractivity contribution in [2.45, 2.75) is 39.7 Å². The van der Waals surface area contributed by atoms with Gasteiger partial charge in [0.2, 0.25) is 0 Å². The van der Waals surface area contributed by atoms with E-state index in [0.717, 1.165) is 43.6 Å². The maximum Gasteiger partial charge on any atom is 0.137 e. The van der Waals surface area contributed by atoms with Crippen LogP contribution in [0.5, 0.6) is 0 Å². The zero-order valence-corrected chi connectivity index (χ0v) is 13.4. The minimum atomic E-state index is -0.0713. The minimum absolute atomic E-state index is 0.0713. The highest BCUT2D eigenvalue weighted by Gasteiger charge is 2.15. The van der Waals surface area contributed by atoms with Crippen LogP contribution in [0.4, 0.5) is 0 Å². The van der Waals surface area contributed by atoms with Crippen molar-refractivity contribution in [2.75, 3.05) is 13.1 Å². The van der Waals surface area contributed by atoms with E-state index in [9.17, 15) is 4.79 Å². The Bertz CT molecular complexity index is 549. The van der Waals surface area contributed by atoms with E-state index < -0.39 is 0 Å². The van der Waals surface area contributed by atoms with E-state index >= 15 is 0 Å². The van der Waals surface area contributed by atoms with Crippen LogP contribution in [0.2, 0.25) is 0 Å². The molecule has 1 aliphatic rings. The van der Waals surface area contributed by atoms with Crippen LogP contribution in [0, 0.1) is 22.7 Å². The number of hydrogen-bond acceptors (Lipinski definition) is 5. The Kier molecular flexibility index (Phi) is 7.08. The van der Waals surface area contributed by atoms with Crippen LogP contribution >= 0.6 is 0 Å². The van der Waals surface area contributed by atoms with Gasteiger partial charge in [-0.05, 0) is 45.4 Å². The van der Waals surface area contributed by atoms with Gasteiger partial charge in [-0.2, -0.15) is 10.5 Å². The number of rotatable bonds is 7. The van der Waals surface area contributed by atoms with Gasteiger partial charge in [0.1, 0.15) is 24.0 Å². The van der Waals surface area contributed by atoms with Gasteiger partial charge in [0.05, 0.1) is 6.04 Å². The van der Waals surface area contributed by atoms with Gasteiger partial charge in [-0.3, -0.25) is 0 Å². The van der Waals surface area contributed by atoms with Gasteiger partial charge in [-0.15, -0.1) is 0 Å². The highest BCUT2D eigenvalue weighted by Crippen LogP contribution is 2.24. The van der Waals surface area contributed by atoms with Crippen LogP contribution in [0.1, 0.15) is 33.6 Å². The van der Waals surface area contributed by atoms with Crippen LogP contribution in [-0.2, 0) is 4.79 Å². The summed E-state index contributed by atoms with van der Waals surface area (Å²) in [6.07, 6.45) is 6.37. The Balaban J connectivity index is 2.65. The summed E-state index contributed by atoms with van der Waals surface area (Å²) in [5, 5.41) is 21.1. The lowest BCUT2D eigenvalue weighted by Crippen LogP contribution is -2.33. The first kappa shape index (κ1) is 17.7. The van der Waals surface area contributed by atoms with Crippen molar-refractivity contribution in [3.05, 3.63) is 34.7 Å². The zero-order chi connectivity index (χ0) is 16.5. The molecule has 0 bridgehead atoms. The number of hydrogen-bond donors (Lipinski definition) is 1. The van der Waals surface area contributed by atoms with Gasteiger partial charge in [0.25, 0.3) is 0 Å². The molecule has 5 heteroatoms. The van der Waals surface area contributed by atoms with Crippen molar-refractivity contribution >= 4 is 6.29 Å². The Morgan fingerprint density at radius 1 is 1.32 bits per heavy atom. The third kappa shape index (κ3) is 4.58. The van der Waals surface area contributed by atoms with Crippen molar-refractivity contribution in [1.82, 2.24) is 10.2 Å². The summed E-state index contributed by atoms with van der Waals surface area (Å²) in [5.74, 6) is 0. The standard InChI is InChI=1S/C17H22N4O/c1-4-17(12-22)20-6-5-7-21-13(2)8-15(9-14(21)3)16(10-18)11-19/h8-9,12,17,20H,4-7H2,1-3H3. The Hall–Kier alpha value is -2.37. The van der Waals surface area contributed by atoms with Crippen LogP contribution in [0.3, 0.4) is 0 Å². The first-order valence-corrected chi connectivity index (χ1v) is 7.44. The first-order valence-electron chi connectivity index (χ1n) is 7.44. The summed E-state index contributed by atoms with van der Waals surface area (Å²) < 4.78 is 0. The molecule has 0 aromatic rings. The second-order valence-corrected chi connectivity index (χ2v) is 5.24. The fourth-order valence-electron chi connectivity index (χ4n) is 2.39. The van der Waals surface area contributed by atoms with E-state index in [4.69, 9.17) is 10.5 Å². The molecule has 1 aliphatic heterocycles. The number of nitriles is 2. The highest BCUT2D eigenvalue weighted by molar-refractivity contribution is 5.57. The predicted molar refractivity (Wildman–Crippen MR) is 85.2 cm³/mol. The number of nitrogens with zero attached hydrogens (tertiary/aromatic N) is 3. The van der Waals surface area contributed by atoms with Gasteiger partial charge < -0.3 is 15.0 Å². The molecule has 1 unspecified atom stereocenters. The van der Waals surface area contributed by atoms with Crippen LogP contribution in [0.15, 0.2) is 34.7 Å².